The molecule has 0 amide bonds. The summed E-state index contributed by atoms with van der Waals surface area (Å²) in [5, 5.41) is 0. The highest BCUT2D eigenvalue weighted by Gasteiger charge is 2.10. The monoisotopic (exact) mass is 271 g/mol. The molecule has 4 nitrogen and oxygen atoms in total. The SMILES string of the molecule is CCCc1nc(N)cc(Oc2ccccc2C(C)C)n1. The summed E-state index contributed by atoms with van der Waals surface area (Å²) in [6, 6.07) is 9.65. The van der Waals surface area contributed by atoms with Crippen molar-refractivity contribution >= 4 is 5.82 Å². The van der Waals surface area contributed by atoms with Gasteiger partial charge in [-0.2, -0.15) is 4.98 Å². The summed E-state index contributed by atoms with van der Waals surface area (Å²) in [7, 11) is 0. The molecular formula is C16H21N3O. The van der Waals surface area contributed by atoms with Gasteiger partial charge in [-0.25, -0.2) is 4.98 Å². The molecule has 4 heteroatoms. The van der Waals surface area contributed by atoms with Crippen molar-refractivity contribution in [3.05, 3.63) is 41.7 Å². The van der Waals surface area contributed by atoms with Crippen LogP contribution in [0.2, 0.25) is 0 Å². The van der Waals surface area contributed by atoms with Crippen LogP contribution in [0, 0.1) is 0 Å². The van der Waals surface area contributed by atoms with Crippen LogP contribution in [-0.4, -0.2) is 9.97 Å². The number of ether oxygens (including phenoxy) is 1. The van der Waals surface area contributed by atoms with Gasteiger partial charge in [0.15, 0.2) is 0 Å². The van der Waals surface area contributed by atoms with Gasteiger partial charge >= 0.3 is 0 Å². The Hall–Kier alpha value is -2.10. The molecule has 0 fully saturated rings. The molecule has 0 bridgehead atoms. The zero-order valence-electron chi connectivity index (χ0n) is 12.3. The van der Waals surface area contributed by atoms with E-state index >= 15 is 0 Å². The summed E-state index contributed by atoms with van der Waals surface area (Å²) < 4.78 is 5.91. The lowest BCUT2D eigenvalue weighted by Gasteiger charge is -2.13. The fourth-order valence-electron chi connectivity index (χ4n) is 2.04. The molecule has 2 aromatic rings. The third-order valence-electron chi connectivity index (χ3n) is 3.00. The normalized spacial score (nSPS) is 10.8. The topological polar surface area (TPSA) is 61.0 Å². The van der Waals surface area contributed by atoms with Gasteiger partial charge in [0.1, 0.15) is 17.4 Å². The van der Waals surface area contributed by atoms with E-state index < -0.39 is 0 Å². The van der Waals surface area contributed by atoms with Crippen LogP contribution >= 0.6 is 0 Å². The molecule has 0 atom stereocenters. The van der Waals surface area contributed by atoms with E-state index in [1.54, 1.807) is 6.07 Å². The first-order valence-corrected chi connectivity index (χ1v) is 7.00. The van der Waals surface area contributed by atoms with Crippen LogP contribution in [0.1, 0.15) is 44.5 Å². The van der Waals surface area contributed by atoms with Crippen LogP contribution in [0.4, 0.5) is 5.82 Å². The number of hydrogen-bond acceptors (Lipinski definition) is 4. The minimum atomic E-state index is 0.389. The maximum absolute atomic E-state index is 5.91. The Morgan fingerprint density at radius 3 is 2.65 bits per heavy atom. The molecule has 0 aliphatic rings. The maximum atomic E-state index is 5.91. The lowest BCUT2D eigenvalue weighted by atomic mass is 10.0. The van der Waals surface area contributed by atoms with E-state index in [0.29, 0.717) is 17.6 Å². The van der Waals surface area contributed by atoms with E-state index in [0.717, 1.165) is 30.0 Å². The van der Waals surface area contributed by atoms with Gasteiger partial charge in [-0.05, 0) is 24.0 Å². The average Bonchev–Trinajstić information content (AvgIpc) is 2.38. The highest BCUT2D eigenvalue weighted by Crippen LogP contribution is 2.29. The lowest BCUT2D eigenvalue weighted by molar-refractivity contribution is 0.450. The second kappa shape index (κ2) is 6.37. The van der Waals surface area contributed by atoms with Crippen molar-refractivity contribution in [2.75, 3.05) is 5.73 Å². The van der Waals surface area contributed by atoms with Crippen molar-refractivity contribution in [2.45, 2.75) is 39.5 Å². The molecule has 0 aliphatic carbocycles. The van der Waals surface area contributed by atoms with Crippen molar-refractivity contribution in [3.63, 3.8) is 0 Å². The highest BCUT2D eigenvalue weighted by molar-refractivity contribution is 5.40. The van der Waals surface area contributed by atoms with E-state index in [-0.39, 0.29) is 0 Å². The first-order chi connectivity index (χ1) is 9.60. The van der Waals surface area contributed by atoms with Gasteiger partial charge in [0.2, 0.25) is 5.88 Å². The summed E-state index contributed by atoms with van der Waals surface area (Å²) in [5.74, 6) is 2.89. The fraction of sp³-hybridized carbons (Fsp3) is 0.375. The van der Waals surface area contributed by atoms with Crippen LogP contribution in [0.5, 0.6) is 11.6 Å². The zero-order chi connectivity index (χ0) is 14.5. The molecule has 1 heterocycles. The zero-order valence-corrected chi connectivity index (χ0v) is 12.3. The molecule has 0 radical (unpaired) electrons. The molecular weight excluding hydrogens is 250 g/mol. The second-order valence-electron chi connectivity index (χ2n) is 5.09. The Balaban J connectivity index is 2.30. The summed E-state index contributed by atoms with van der Waals surface area (Å²) in [4.78, 5) is 8.62. The number of hydrogen-bond donors (Lipinski definition) is 1. The summed E-state index contributed by atoms with van der Waals surface area (Å²) in [6.45, 7) is 6.36. The van der Waals surface area contributed by atoms with Gasteiger partial charge in [-0.15, -0.1) is 0 Å². The quantitative estimate of drug-likeness (QED) is 0.895. The lowest BCUT2D eigenvalue weighted by Crippen LogP contribution is -2.02. The molecule has 106 valence electrons. The first-order valence-electron chi connectivity index (χ1n) is 7.00. The van der Waals surface area contributed by atoms with Crippen molar-refractivity contribution in [1.82, 2.24) is 9.97 Å². The predicted molar refractivity (Wildman–Crippen MR) is 81.0 cm³/mol. The number of anilines is 1. The van der Waals surface area contributed by atoms with Crippen molar-refractivity contribution in [2.24, 2.45) is 0 Å². The smallest absolute Gasteiger partial charge is 0.224 e. The van der Waals surface area contributed by atoms with Gasteiger partial charge in [0, 0.05) is 12.5 Å². The van der Waals surface area contributed by atoms with E-state index in [2.05, 4.69) is 36.8 Å². The number of rotatable bonds is 5. The molecule has 2 rings (SSSR count). The minimum Gasteiger partial charge on any atom is -0.439 e. The molecule has 0 aliphatic heterocycles. The Labute approximate surface area is 120 Å². The Bertz CT molecular complexity index is 582. The number of benzene rings is 1. The molecule has 0 unspecified atom stereocenters. The van der Waals surface area contributed by atoms with E-state index in [4.69, 9.17) is 10.5 Å². The van der Waals surface area contributed by atoms with Crippen LogP contribution in [0.15, 0.2) is 30.3 Å². The minimum absolute atomic E-state index is 0.389. The number of aromatic nitrogens is 2. The number of aryl methyl sites for hydroxylation is 1. The average molecular weight is 271 g/mol. The van der Waals surface area contributed by atoms with E-state index in [1.165, 1.54) is 0 Å². The number of para-hydroxylation sites is 1. The third kappa shape index (κ3) is 3.47. The first kappa shape index (κ1) is 14.3. The second-order valence-corrected chi connectivity index (χ2v) is 5.09. The van der Waals surface area contributed by atoms with Crippen LogP contribution < -0.4 is 10.5 Å². The number of nitrogen functional groups attached to an aromatic ring is 1. The van der Waals surface area contributed by atoms with Gasteiger partial charge in [0.05, 0.1) is 0 Å². The Morgan fingerprint density at radius 2 is 1.95 bits per heavy atom. The Kier molecular flexibility index (Phi) is 4.56. The molecule has 0 saturated carbocycles. The van der Waals surface area contributed by atoms with Gasteiger partial charge in [-0.3, -0.25) is 0 Å². The number of nitrogens with two attached hydrogens (primary N) is 1. The van der Waals surface area contributed by atoms with Crippen LogP contribution in [0.25, 0.3) is 0 Å². The molecule has 1 aromatic heterocycles. The standard InChI is InChI=1S/C16H21N3O/c1-4-7-15-18-14(17)10-16(19-15)20-13-9-6-5-8-12(13)11(2)3/h5-6,8-11H,4,7H2,1-3H3,(H2,17,18,19). The summed E-state index contributed by atoms with van der Waals surface area (Å²) >= 11 is 0. The molecule has 0 spiro atoms. The van der Waals surface area contributed by atoms with Gasteiger partial charge < -0.3 is 10.5 Å². The largest absolute Gasteiger partial charge is 0.439 e. The van der Waals surface area contributed by atoms with Gasteiger partial charge in [0.25, 0.3) is 0 Å². The Morgan fingerprint density at radius 1 is 1.20 bits per heavy atom. The van der Waals surface area contributed by atoms with Crippen LogP contribution in [-0.2, 0) is 6.42 Å². The van der Waals surface area contributed by atoms with Crippen molar-refractivity contribution < 1.29 is 4.74 Å². The van der Waals surface area contributed by atoms with E-state index in [9.17, 15) is 0 Å². The fourth-order valence-corrected chi connectivity index (χ4v) is 2.04. The molecule has 0 saturated heterocycles. The summed E-state index contributed by atoms with van der Waals surface area (Å²) in [6.07, 6.45) is 1.78. The highest BCUT2D eigenvalue weighted by atomic mass is 16.5. The molecule has 20 heavy (non-hydrogen) atoms. The predicted octanol–water partition coefficient (Wildman–Crippen LogP) is 3.93. The number of nitrogens with zero attached hydrogens (tertiary/aromatic N) is 2. The maximum Gasteiger partial charge on any atom is 0.224 e. The van der Waals surface area contributed by atoms with Crippen molar-refractivity contribution in [3.8, 4) is 11.6 Å². The molecule has 1 aromatic carbocycles. The van der Waals surface area contributed by atoms with E-state index in [1.807, 2.05) is 18.2 Å². The summed E-state index contributed by atoms with van der Waals surface area (Å²) in [5.41, 5.74) is 6.96. The van der Waals surface area contributed by atoms with Gasteiger partial charge in [-0.1, -0.05) is 39.0 Å². The van der Waals surface area contributed by atoms with Crippen molar-refractivity contribution in [1.29, 1.82) is 0 Å². The third-order valence-corrected chi connectivity index (χ3v) is 3.00. The van der Waals surface area contributed by atoms with Crippen LogP contribution in [0.3, 0.4) is 0 Å². The molecule has 2 N–H and O–H groups in total.